The average molecular weight is 386 g/mol. The van der Waals surface area contributed by atoms with E-state index in [1.54, 1.807) is 0 Å². The summed E-state index contributed by atoms with van der Waals surface area (Å²) in [6, 6.07) is -2.94. The van der Waals surface area contributed by atoms with Crippen LogP contribution in [0.2, 0.25) is 0 Å². The van der Waals surface area contributed by atoms with Gasteiger partial charge in [0, 0.05) is 24.1 Å². The lowest BCUT2D eigenvalue weighted by molar-refractivity contribution is -0.141. The second-order valence-corrected chi connectivity index (χ2v) is 6.18. The summed E-state index contributed by atoms with van der Waals surface area (Å²) in [6.07, 6.45) is 4.96. The number of nitrogens with zero attached hydrogens (tertiary/aromatic N) is 1. The molecular formula is C15H26N6O4S. The van der Waals surface area contributed by atoms with Gasteiger partial charge in [-0.15, -0.1) is 0 Å². The van der Waals surface area contributed by atoms with Gasteiger partial charge in [-0.1, -0.05) is 6.42 Å². The average Bonchev–Trinajstić information content (AvgIpc) is 3.11. The molecule has 1 aromatic rings. The zero-order chi connectivity index (χ0) is 19.5. The number of nitrogens with one attached hydrogen (secondary N) is 3. The second-order valence-electron chi connectivity index (χ2n) is 5.82. The smallest absolute Gasteiger partial charge is 0.327 e. The fraction of sp³-hybridized carbons (Fsp3) is 0.600. The summed E-state index contributed by atoms with van der Waals surface area (Å²) in [7, 11) is 0. The molecule has 1 aromatic heterocycles. The molecule has 0 bridgehead atoms. The first-order chi connectivity index (χ1) is 12.4. The number of aliphatic carboxylic acids is 1. The number of amides is 2. The van der Waals surface area contributed by atoms with Gasteiger partial charge in [-0.2, -0.15) is 12.6 Å². The van der Waals surface area contributed by atoms with Gasteiger partial charge in [0.1, 0.15) is 12.1 Å². The number of carbonyl (C=O) groups excluding carboxylic acids is 2. The van der Waals surface area contributed by atoms with E-state index in [4.69, 9.17) is 16.6 Å². The van der Waals surface area contributed by atoms with Crippen molar-refractivity contribution in [3.05, 3.63) is 18.2 Å². The van der Waals surface area contributed by atoms with E-state index < -0.39 is 35.9 Å². The topological polar surface area (TPSA) is 176 Å². The molecule has 0 aliphatic heterocycles. The highest BCUT2D eigenvalue weighted by Crippen LogP contribution is 2.03. The Morgan fingerprint density at radius 3 is 2.46 bits per heavy atom. The minimum Gasteiger partial charge on any atom is -0.480 e. The zero-order valence-electron chi connectivity index (χ0n) is 14.4. The number of imidazole rings is 1. The Bertz CT molecular complexity index is 583. The van der Waals surface area contributed by atoms with Crippen molar-refractivity contribution in [1.82, 2.24) is 20.6 Å². The molecule has 3 atom stereocenters. The molecule has 0 aromatic carbocycles. The molecule has 0 saturated heterocycles. The third-order valence-corrected chi connectivity index (χ3v) is 4.08. The number of unbranched alkanes of at least 4 members (excludes halogenated alkanes) is 1. The van der Waals surface area contributed by atoms with Gasteiger partial charge in [0.2, 0.25) is 11.8 Å². The summed E-state index contributed by atoms with van der Waals surface area (Å²) in [6.45, 7) is 0.513. The number of aromatic amines is 1. The number of carboxylic acids is 1. The highest BCUT2D eigenvalue weighted by molar-refractivity contribution is 7.80. The predicted molar refractivity (Wildman–Crippen MR) is 98.5 cm³/mol. The quantitative estimate of drug-likeness (QED) is 0.167. The molecule has 0 fully saturated rings. The molecule has 0 aliphatic rings. The van der Waals surface area contributed by atoms with Crippen LogP contribution in [0.5, 0.6) is 0 Å². The van der Waals surface area contributed by atoms with Crippen LogP contribution in [0.4, 0.5) is 0 Å². The van der Waals surface area contributed by atoms with E-state index in [0.29, 0.717) is 25.1 Å². The predicted octanol–water partition coefficient (Wildman–Crippen LogP) is -1.61. The first-order valence-corrected chi connectivity index (χ1v) is 8.89. The summed E-state index contributed by atoms with van der Waals surface area (Å²) >= 11 is 3.91. The van der Waals surface area contributed by atoms with E-state index >= 15 is 0 Å². The minimum atomic E-state index is -1.21. The lowest BCUT2D eigenvalue weighted by Crippen LogP contribution is -2.55. The maximum Gasteiger partial charge on any atom is 0.327 e. The van der Waals surface area contributed by atoms with Gasteiger partial charge < -0.3 is 32.2 Å². The van der Waals surface area contributed by atoms with Gasteiger partial charge in [-0.05, 0) is 19.4 Å². The molecule has 0 saturated carbocycles. The molecule has 1 rings (SSSR count). The molecular weight excluding hydrogens is 360 g/mol. The summed E-state index contributed by atoms with van der Waals surface area (Å²) in [5, 5.41) is 14.0. The normalized spacial score (nSPS) is 14.3. The molecule has 0 spiro atoms. The summed E-state index contributed by atoms with van der Waals surface area (Å²) in [4.78, 5) is 42.5. The van der Waals surface area contributed by atoms with E-state index in [-0.39, 0.29) is 12.2 Å². The van der Waals surface area contributed by atoms with Crippen molar-refractivity contribution in [2.45, 2.75) is 43.8 Å². The number of hydrogen-bond acceptors (Lipinski definition) is 7. The lowest BCUT2D eigenvalue weighted by atomic mass is 10.1. The number of carbonyl (C=O) groups is 3. The maximum absolute atomic E-state index is 12.4. The first-order valence-electron chi connectivity index (χ1n) is 8.26. The molecule has 26 heavy (non-hydrogen) atoms. The Morgan fingerprint density at radius 2 is 1.92 bits per heavy atom. The number of aromatic nitrogens is 2. The third kappa shape index (κ3) is 7.42. The van der Waals surface area contributed by atoms with E-state index in [1.807, 2.05) is 0 Å². The molecule has 8 N–H and O–H groups in total. The zero-order valence-corrected chi connectivity index (χ0v) is 15.2. The van der Waals surface area contributed by atoms with Gasteiger partial charge in [0.25, 0.3) is 0 Å². The monoisotopic (exact) mass is 386 g/mol. The van der Waals surface area contributed by atoms with Crippen molar-refractivity contribution in [1.29, 1.82) is 0 Å². The number of nitrogens with two attached hydrogens (primary N) is 2. The lowest BCUT2D eigenvalue weighted by Gasteiger charge is -2.22. The van der Waals surface area contributed by atoms with Crippen LogP contribution in [-0.4, -0.2) is 63.3 Å². The van der Waals surface area contributed by atoms with Crippen molar-refractivity contribution in [2.75, 3.05) is 12.3 Å². The van der Waals surface area contributed by atoms with Gasteiger partial charge in [-0.25, -0.2) is 9.78 Å². The fourth-order valence-corrected chi connectivity index (χ4v) is 2.45. The third-order valence-electron chi connectivity index (χ3n) is 3.72. The largest absolute Gasteiger partial charge is 0.480 e. The molecule has 146 valence electrons. The summed E-state index contributed by atoms with van der Waals surface area (Å²) in [5.41, 5.74) is 11.9. The molecule has 0 radical (unpaired) electrons. The Kier molecular flexibility index (Phi) is 9.70. The minimum absolute atomic E-state index is 0.0790. The molecule has 11 heteroatoms. The SMILES string of the molecule is NCCCCC(N)C(=O)NC(Cc1cnc[nH]1)C(=O)NC(CS)C(=O)O. The molecule has 3 unspecified atom stereocenters. The van der Waals surface area contributed by atoms with Crippen LogP contribution in [0.15, 0.2) is 12.5 Å². The highest BCUT2D eigenvalue weighted by atomic mass is 32.1. The van der Waals surface area contributed by atoms with Gasteiger partial charge >= 0.3 is 5.97 Å². The summed E-state index contributed by atoms with van der Waals surface area (Å²) < 4.78 is 0. The van der Waals surface area contributed by atoms with Crippen LogP contribution in [0.25, 0.3) is 0 Å². The Morgan fingerprint density at radius 1 is 1.23 bits per heavy atom. The molecule has 2 amide bonds. The van der Waals surface area contributed by atoms with Crippen LogP contribution < -0.4 is 22.1 Å². The van der Waals surface area contributed by atoms with E-state index in [9.17, 15) is 14.4 Å². The standard InChI is InChI=1S/C15H26N6O4S/c16-4-2-1-3-10(17)13(22)20-11(5-9-6-18-8-19-9)14(23)21-12(7-26)15(24)25/h6,8,10-12,26H,1-5,7,16-17H2,(H,18,19)(H,20,22)(H,21,23)(H,24,25). The van der Waals surface area contributed by atoms with Gasteiger partial charge in [-0.3, -0.25) is 9.59 Å². The second kappa shape index (κ2) is 11.5. The van der Waals surface area contributed by atoms with Gasteiger partial charge in [0.05, 0.1) is 12.4 Å². The van der Waals surface area contributed by atoms with Crippen LogP contribution in [-0.2, 0) is 20.8 Å². The number of rotatable bonds is 12. The van der Waals surface area contributed by atoms with E-state index in [0.717, 1.165) is 6.42 Å². The van der Waals surface area contributed by atoms with E-state index in [1.165, 1.54) is 12.5 Å². The fourth-order valence-electron chi connectivity index (χ4n) is 2.20. The Balaban J connectivity index is 2.76. The van der Waals surface area contributed by atoms with Crippen molar-refractivity contribution >= 4 is 30.4 Å². The van der Waals surface area contributed by atoms with Crippen molar-refractivity contribution < 1.29 is 19.5 Å². The highest BCUT2D eigenvalue weighted by Gasteiger charge is 2.27. The van der Waals surface area contributed by atoms with Crippen LogP contribution in [0.1, 0.15) is 25.0 Å². The van der Waals surface area contributed by atoms with Crippen LogP contribution in [0.3, 0.4) is 0 Å². The molecule has 0 aliphatic carbocycles. The molecule has 1 heterocycles. The van der Waals surface area contributed by atoms with Gasteiger partial charge in [0.15, 0.2) is 0 Å². The number of carboxylic acid groups (broad SMARTS) is 1. The Labute approximate surface area is 156 Å². The summed E-state index contributed by atoms with van der Waals surface area (Å²) in [5.74, 6) is -2.41. The molecule has 10 nitrogen and oxygen atoms in total. The van der Waals surface area contributed by atoms with Crippen molar-refractivity contribution in [3.63, 3.8) is 0 Å². The Hall–Kier alpha value is -2.11. The maximum atomic E-state index is 12.4. The number of thiol groups is 1. The first kappa shape index (κ1) is 21.9. The van der Waals surface area contributed by atoms with Crippen LogP contribution in [0, 0.1) is 0 Å². The van der Waals surface area contributed by atoms with Crippen molar-refractivity contribution in [2.24, 2.45) is 11.5 Å². The van der Waals surface area contributed by atoms with Crippen LogP contribution >= 0.6 is 12.6 Å². The van der Waals surface area contributed by atoms with E-state index in [2.05, 4.69) is 33.2 Å². The number of hydrogen-bond donors (Lipinski definition) is 7. The number of H-pyrrole nitrogens is 1. The van der Waals surface area contributed by atoms with Crippen molar-refractivity contribution in [3.8, 4) is 0 Å².